The molecule has 0 radical (unpaired) electrons. The van der Waals surface area contributed by atoms with E-state index < -0.39 is 0 Å². The molecule has 6 heteroatoms. The fraction of sp³-hybridized carbons (Fsp3) is 0.267. The van der Waals surface area contributed by atoms with Gasteiger partial charge in [0.25, 0.3) is 5.56 Å². The van der Waals surface area contributed by atoms with Crippen LogP contribution >= 0.6 is 0 Å². The average Bonchev–Trinajstić information content (AvgIpc) is 2.82. The second kappa shape index (κ2) is 4.44. The van der Waals surface area contributed by atoms with E-state index in [2.05, 4.69) is 47.9 Å². The molecule has 0 bridgehead atoms. The van der Waals surface area contributed by atoms with Crippen LogP contribution in [-0.2, 0) is 5.41 Å². The first-order chi connectivity index (χ1) is 9.86. The first-order valence-electron chi connectivity index (χ1n) is 6.70. The van der Waals surface area contributed by atoms with Crippen molar-refractivity contribution in [3.8, 4) is 5.69 Å². The summed E-state index contributed by atoms with van der Waals surface area (Å²) < 4.78 is 1.76. The minimum Gasteiger partial charge on any atom is -0.369 e. The number of rotatable bonds is 1. The Balaban J connectivity index is 2.15. The molecule has 3 rings (SSSR count). The number of aromatic nitrogens is 4. The highest BCUT2D eigenvalue weighted by molar-refractivity contribution is 5.72. The molecule has 2 aromatic heterocycles. The molecule has 0 fully saturated rings. The maximum atomic E-state index is 11.8. The number of nitrogens with zero attached hydrogens (tertiary/aromatic N) is 3. The van der Waals surface area contributed by atoms with E-state index in [1.807, 2.05) is 12.1 Å². The molecule has 0 aliphatic rings. The Kier molecular flexibility index (Phi) is 2.83. The fourth-order valence-corrected chi connectivity index (χ4v) is 2.24. The number of anilines is 1. The van der Waals surface area contributed by atoms with Crippen LogP contribution in [0.5, 0.6) is 0 Å². The number of nitrogens with two attached hydrogens (primary N) is 1. The second-order valence-corrected chi connectivity index (χ2v) is 6.03. The third-order valence-corrected chi connectivity index (χ3v) is 3.44. The molecule has 0 spiro atoms. The number of hydrogen-bond donors (Lipinski definition) is 2. The van der Waals surface area contributed by atoms with Gasteiger partial charge in [0.05, 0.1) is 0 Å². The molecule has 0 unspecified atom stereocenters. The summed E-state index contributed by atoms with van der Waals surface area (Å²) in [4.78, 5) is 22.5. The van der Waals surface area contributed by atoms with E-state index in [9.17, 15) is 4.79 Å². The van der Waals surface area contributed by atoms with E-state index in [0.717, 1.165) is 5.69 Å². The zero-order valence-corrected chi connectivity index (χ0v) is 12.2. The molecule has 2 heterocycles. The van der Waals surface area contributed by atoms with Crippen LogP contribution in [0.3, 0.4) is 0 Å². The van der Waals surface area contributed by atoms with E-state index in [-0.39, 0.29) is 22.4 Å². The van der Waals surface area contributed by atoms with Gasteiger partial charge >= 0.3 is 0 Å². The standard InChI is InChI=1S/C15H17N5O/c1-15(2,3)9-4-6-10(7-5-9)20-8-17-11-12(20)18-14(16)19-13(11)21/h4-8H,1-3H3,(H3,16,18,19,21). The molecule has 0 atom stereocenters. The molecule has 1 aromatic carbocycles. The van der Waals surface area contributed by atoms with Crippen molar-refractivity contribution in [2.45, 2.75) is 26.2 Å². The first-order valence-corrected chi connectivity index (χ1v) is 6.70. The van der Waals surface area contributed by atoms with Crippen LogP contribution < -0.4 is 11.3 Å². The van der Waals surface area contributed by atoms with Crippen molar-refractivity contribution in [2.24, 2.45) is 0 Å². The topological polar surface area (TPSA) is 89.6 Å². The van der Waals surface area contributed by atoms with Gasteiger partial charge in [-0.25, -0.2) is 4.98 Å². The van der Waals surface area contributed by atoms with E-state index in [0.29, 0.717) is 5.65 Å². The molecule has 0 saturated carbocycles. The first kappa shape index (κ1) is 13.4. The molecule has 3 aromatic rings. The predicted octanol–water partition coefficient (Wildman–Crippen LogP) is 1.99. The van der Waals surface area contributed by atoms with Crippen molar-refractivity contribution < 1.29 is 0 Å². The molecule has 108 valence electrons. The number of fused-ring (bicyclic) bond motifs is 1. The van der Waals surface area contributed by atoms with Gasteiger partial charge < -0.3 is 5.73 Å². The van der Waals surface area contributed by atoms with E-state index in [1.54, 1.807) is 10.9 Å². The molecular weight excluding hydrogens is 266 g/mol. The summed E-state index contributed by atoms with van der Waals surface area (Å²) in [5.41, 5.74) is 8.23. The van der Waals surface area contributed by atoms with Crippen molar-refractivity contribution in [3.05, 3.63) is 46.5 Å². The highest BCUT2D eigenvalue weighted by Gasteiger charge is 2.14. The fourth-order valence-electron chi connectivity index (χ4n) is 2.24. The Hall–Kier alpha value is -2.63. The number of hydrogen-bond acceptors (Lipinski definition) is 4. The van der Waals surface area contributed by atoms with Crippen molar-refractivity contribution >= 4 is 17.1 Å². The van der Waals surface area contributed by atoms with E-state index in [4.69, 9.17) is 5.73 Å². The van der Waals surface area contributed by atoms with Gasteiger partial charge in [0.15, 0.2) is 11.2 Å². The Morgan fingerprint density at radius 2 is 1.86 bits per heavy atom. The van der Waals surface area contributed by atoms with Crippen LogP contribution in [0.2, 0.25) is 0 Å². The normalized spacial score (nSPS) is 12.0. The Labute approximate surface area is 121 Å². The largest absolute Gasteiger partial charge is 0.369 e. The van der Waals surface area contributed by atoms with Gasteiger partial charge in [-0.1, -0.05) is 32.9 Å². The number of nitrogens with one attached hydrogen (secondary N) is 1. The summed E-state index contributed by atoms with van der Waals surface area (Å²) in [6, 6.07) is 8.11. The van der Waals surface area contributed by atoms with Gasteiger partial charge in [-0.3, -0.25) is 14.3 Å². The van der Waals surface area contributed by atoms with Gasteiger partial charge in [-0.15, -0.1) is 0 Å². The van der Waals surface area contributed by atoms with Gasteiger partial charge in [-0.05, 0) is 23.1 Å². The maximum Gasteiger partial charge on any atom is 0.280 e. The minimum absolute atomic E-state index is 0.0839. The van der Waals surface area contributed by atoms with E-state index >= 15 is 0 Å². The third kappa shape index (κ3) is 2.29. The van der Waals surface area contributed by atoms with Gasteiger partial charge in [0.2, 0.25) is 5.95 Å². The van der Waals surface area contributed by atoms with Crippen LogP contribution in [0.4, 0.5) is 5.95 Å². The Bertz CT molecular complexity index is 852. The molecule has 21 heavy (non-hydrogen) atoms. The second-order valence-electron chi connectivity index (χ2n) is 6.03. The molecule has 0 saturated heterocycles. The minimum atomic E-state index is -0.331. The number of benzene rings is 1. The number of H-pyrrole nitrogens is 1. The lowest BCUT2D eigenvalue weighted by molar-refractivity contribution is 0.590. The lowest BCUT2D eigenvalue weighted by Crippen LogP contribution is -2.12. The van der Waals surface area contributed by atoms with E-state index in [1.165, 1.54) is 5.56 Å². The lowest BCUT2D eigenvalue weighted by atomic mass is 9.87. The smallest absolute Gasteiger partial charge is 0.280 e. The molecule has 0 aliphatic carbocycles. The summed E-state index contributed by atoms with van der Waals surface area (Å²) >= 11 is 0. The zero-order chi connectivity index (χ0) is 15.2. The van der Waals surface area contributed by atoms with Crippen molar-refractivity contribution in [1.82, 2.24) is 19.5 Å². The molecule has 0 aliphatic heterocycles. The highest BCUT2D eigenvalue weighted by Crippen LogP contribution is 2.24. The average molecular weight is 283 g/mol. The molecule has 3 N–H and O–H groups in total. The van der Waals surface area contributed by atoms with Crippen LogP contribution in [0.25, 0.3) is 16.9 Å². The third-order valence-electron chi connectivity index (χ3n) is 3.44. The Morgan fingerprint density at radius 3 is 2.48 bits per heavy atom. The zero-order valence-electron chi connectivity index (χ0n) is 12.2. The Morgan fingerprint density at radius 1 is 1.19 bits per heavy atom. The van der Waals surface area contributed by atoms with Crippen molar-refractivity contribution in [1.29, 1.82) is 0 Å². The number of nitrogen functional groups attached to an aromatic ring is 1. The maximum absolute atomic E-state index is 11.8. The summed E-state index contributed by atoms with van der Waals surface area (Å²) in [5.74, 6) is 0.0839. The lowest BCUT2D eigenvalue weighted by Gasteiger charge is -2.19. The SMILES string of the molecule is CC(C)(C)c1ccc(-n2cnc3c(=O)[nH]c(N)nc32)cc1. The van der Waals surface area contributed by atoms with Crippen LogP contribution in [0.1, 0.15) is 26.3 Å². The van der Waals surface area contributed by atoms with Crippen LogP contribution in [-0.4, -0.2) is 19.5 Å². The summed E-state index contributed by atoms with van der Waals surface area (Å²) in [6.45, 7) is 6.49. The monoisotopic (exact) mass is 283 g/mol. The quantitative estimate of drug-likeness (QED) is 0.714. The number of imidazole rings is 1. The van der Waals surface area contributed by atoms with Gasteiger partial charge in [-0.2, -0.15) is 4.98 Å². The van der Waals surface area contributed by atoms with Gasteiger partial charge in [0.1, 0.15) is 6.33 Å². The highest BCUT2D eigenvalue weighted by atomic mass is 16.1. The molecule has 6 nitrogen and oxygen atoms in total. The van der Waals surface area contributed by atoms with Gasteiger partial charge in [0, 0.05) is 5.69 Å². The van der Waals surface area contributed by atoms with Crippen molar-refractivity contribution in [2.75, 3.05) is 5.73 Å². The molecule has 0 amide bonds. The van der Waals surface area contributed by atoms with Crippen molar-refractivity contribution in [3.63, 3.8) is 0 Å². The summed E-state index contributed by atoms with van der Waals surface area (Å²) in [6.07, 6.45) is 1.58. The van der Waals surface area contributed by atoms with Crippen LogP contribution in [0, 0.1) is 0 Å². The molecular formula is C15H17N5O. The summed E-state index contributed by atoms with van der Waals surface area (Å²) in [5, 5.41) is 0. The van der Waals surface area contributed by atoms with Crippen LogP contribution in [0.15, 0.2) is 35.4 Å². The number of aromatic amines is 1. The summed E-state index contributed by atoms with van der Waals surface area (Å²) in [7, 11) is 0. The predicted molar refractivity (Wildman–Crippen MR) is 82.6 cm³/mol.